The number of para-hydroxylation sites is 4. The van der Waals surface area contributed by atoms with E-state index in [1.54, 1.807) is 0 Å². The number of hydrogen-bond acceptors (Lipinski definition) is 4. The van der Waals surface area contributed by atoms with E-state index >= 15 is 0 Å². The molecular formula is C48H29NO3. The van der Waals surface area contributed by atoms with E-state index in [0.717, 1.165) is 105 Å². The lowest BCUT2D eigenvalue weighted by Crippen LogP contribution is -2.09. The summed E-state index contributed by atoms with van der Waals surface area (Å²) >= 11 is 0. The highest BCUT2D eigenvalue weighted by molar-refractivity contribution is 6.18. The van der Waals surface area contributed by atoms with Crippen molar-refractivity contribution in [3.05, 3.63) is 176 Å². The average Bonchev–Trinajstić information content (AvgIpc) is 3.89. The van der Waals surface area contributed by atoms with E-state index in [9.17, 15) is 0 Å². The molecule has 8 aromatic carbocycles. The number of benzene rings is 8. The van der Waals surface area contributed by atoms with Crippen molar-refractivity contribution < 1.29 is 13.3 Å². The summed E-state index contributed by atoms with van der Waals surface area (Å²) in [5.74, 6) is 0. The molecule has 0 amide bonds. The lowest BCUT2D eigenvalue weighted by Gasteiger charge is -2.25. The summed E-state index contributed by atoms with van der Waals surface area (Å²) in [7, 11) is 0. The molecular weight excluding hydrogens is 639 g/mol. The van der Waals surface area contributed by atoms with Gasteiger partial charge in [-0.15, -0.1) is 0 Å². The third-order valence-corrected chi connectivity index (χ3v) is 10.3. The van der Waals surface area contributed by atoms with Crippen molar-refractivity contribution in [1.82, 2.24) is 0 Å². The van der Waals surface area contributed by atoms with E-state index in [4.69, 9.17) is 13.3 Å². The molecule has 11 rings (SSSR count). The first-order chi connectivity index (χ1) is 25.8. The molecule has 0 saturated heterocycles. The molecule has 244 valence electrons. The van der Waals surface area contributed by atoms with E-state index in [0.29, 0.717) is 0 Å². The molecule has 0 aliphatic carbocycles. The van der Waals surface area contributed by atoms with Crippen molar-refractivity contribution in [3.63, 3.8) is 0 Å². The highest BCUT2D eigenvalue weighted by Gasteiger charge is 2.20. The van der Waals surface area contributed by atoms with Gasteiger partial charge in [0.2, 0.25) is 0 Å². The molecule has 0 aliphatic heterocycles. The molecule has 4 nitrogen and oxygen atoms in total. The standard InChI is InChI=1S/C48H29NO3/c1-3-12-31(13-4-1)49(32-14-5-2-6-15-32)33-25-26-39-45(29-33)51-44-23-11-18-35(47(39)44)36-19-9-20-37-40-28-30(24-27-42(40)52-48(36)37)34-17-10-22-43-46(34)38-16-7-8-21-41(38)50-43/h1-29H. The first kappa shape index (κ1) is 28.8. The number of anilines is 3. The first-order valence-electron chi connectivity index (χ1n) is 17.5. The fraction of sp³-hybridized carbons (Fsp3) is 0. The summed E-state index contributed by atoms with van der Waals surface area (Å²) in [5, 5.41) is 6.53. The van der Waals surface area contributed by atoms with Crippen molar-refractivity contribution >= 4 is 82.9 Å². The second-order valence-corrected chi connectivity index (χ2v) is 13.2. The molecule has 0 saturated carbocycles. The maximum absolute atomic E-state index is 6.70. The summed E-state index contributed by atoms with van der Waals surface area (Å²) in [5.41, 5.74) is 12.7. The van der Waals surface area contributed by atoms with Crippen LogP contribution in [0.1, 0.15) is 0 Å². The van der Waals surface area contributed by atoms with E-state index in [1.165, 1.54) is 0 Å². The fourth-order valence-corrected chi connectivity index (χ4v) is 7.97. The van der Waals surface area contributed by atoms with Gasteiger partial charge in [0.25, 0.3) is 0 Å². The second kappa shape index (κ2) is 11.2. The fourth-order valence-electron chi connectivity index (χ4n) is 7.97. The van der Waals surface area contributed by atoms with Gasteiger partial charge in [0.15, 0.2) is 0 Å². The Kier molecular flexibility index (Phi) is 6.22. The molecule has 0 fully saturated rings. The van der Waals surface area contributed by atoms with Crippen molar-refractivity contribution in [2.75, 3.05) is 4.90 Å². The summed E-state index contributed by atoms with van der Waals surface area (Å²) in [4.78, 5) is 2.26. The molecule has 0 radical (unpaired) electrons. The van der Waals surface area contributed by atoms with Gasteiger partial charge in [0.1, 0.15) is 33.5 Å². The van der Waals surface area contributed by atoms with Gasteiger partial charge in [-0.1, -0.05) is 103 Å². The van der Waals surface area contributed by atoms with Crippen LogP contribution in [0.3, 0.4) is 0 Å². The molecule has 52 heavy (non-hydrogen) atoms. The molecule has 0 aliphatic rings. The molecule has 0 N–H and O–H groups in total. The Morgan fingerprint density at radius 3 is 1.67 bits per heavy atom. The van der Waals surface area contributed by atoms with E-state index in [2.05, 4.69) is 150 Å². The van der Waals surface area contributed by atoms with Crippen molar-refractivity contribution in [2.24, 2.45) is 0 Å². The largest absolute Gasteiger partial charge is 0.456 e. The Morgan fingerprint density at radius 2 is 0.885 bits per heavy atom. The molecule has 0 bridgehead atoms. The minimum Gasteiger partial charge on any atom is -0.456 e. The zero-order chi connectivity index (χ0) is 34.2. The predicted molar refractivity (Wildman–Crippen MR) is 214 cm³/mol. The Hall–Kier alpha value is -7.04. The van der Waals surface area contributed by atoms with Crippen LogP contribution in [0.2, 0.25) is 0 Å². The van der Waals surface area contributed by atoms with E-state index in [1.807, 2.05) is 30.3 Å². The molecule has 3 heterocycles. The highest BCUT2D eigenvalue weighted by Crippen LogP contribution is 2.45. The van der Waals surface area contributed by atoms with Crippen LogP contribution in [0.5, 0.6) is 0 Å². The van der Waals surface area contributed by atoms with E-state index < -0.39 is 0 Å². The summed E-state index contributed by atoms with van der Waals surface area (Å²) in [6.45, 7) is 0. The molecule has 4 heteroatoms. The van der Waals surface area contributed by atoms with Crippen LogP contribution in [-0.4, -0.2) is 0 Å². The van der Waals surface area contributed by atoms with Crippen LogP contribution in [-0.2, 0) is 0 Å². The van der Waals surface area contributed by atoms with Gasteiger partial charge in [0, 0.05) is 61.0 Å². The van der Waals surface area contributed by atoms with Gasteiger partial charge in [-0.2, -0.15) is 0 Å². The highest BCUT2D eigenvalue weighted by atomic mass is 16.3. The molecule has 3 aromatic heterocycles. The van der Waals surface area contributed by atoms with Gasteiger partial charge in [-0.25, -0.2) is 0 Å². The van der Waals surface area contributed by atoms with Gasteiger partial charge < -0.3 is 18.2 Å². The van der Waals surface area contributed by atoms with Crippen molar-refractivity contribution in [2.45, 2.75) is 0 Å². The number of rotatable bonds is 5. The van der Waals surface area contributed by atoms with Gasteiger partial charge in [0.05, 0.1) is 0 Å². The quantitative estimate of drug-likeness (QED) is 0.183. The predicted octanol–water partition coefficient (Wildman–Crippen LogP) is 14.2. The SMILES string of the molecule is c1ccc(N(c2ccccc2)c2ccc3c(c2)oc2cccc(-c4cccc5c4oc4ccc(-c6cccc7oc8ccccc8c67)cc45)c23)cc1. The van der Waals surface area contributed by atoms with Crippen molar-refractivity contribution in [1.29, 1.82) is 0 Å². The van der Waals surface area contributed by atoms with Gasteiger partial charge in [-0.3, -0.25) is 0 Å². The van der Waals surface area contributed by atoms with Crippen LogP contribution in [0.15, 0.2) is 189 Å². The summed E-state index contributed by atoms with van der Waals surface area (Å²) in [6.07, 6.45) is 0. The Balaban J connectivity index is 1.07. The molecule has 11 aromatic rings. The number of hydrogen-bond donors (Lipinski definition) is 0. The Labute approximate surface area is 298 Å². The third-order valence-electron chi connectivity index (χ3n) is 10.3. The van der Waals surface area contributed by atoms with Crippen LogP contribution >= 0.6 is 0 Å². The number of fused-ring (bicyclic) bond motifs is 9. The Morgan fingerprint density at radius 1 is 0.308 bits per heavy atom. The maximum Gasteiger partial charge on any atom is 0.143 e. The summed E-state index contributed by atoms with van der Waals surface area (Å²) < 4.78 is 19.5. The first-order valence-corrected chi connectivity index (χ1v) is 17.5. The molecule has 0 unspecified atom stereocenters. The van der Waals surface area contributed by atoms with Gasteiger partial charge >= 0.3 is 0 Å². The lowest BCUT2D eigenvalue weighted by atomic mass is 9.96. The lowest BCUT2D eigenvalue weighted by molar-refractivity contribution is 0.668. The minimum absolute atomic E-state index is 0.833. The third kappa shape index (κ3) is 4.34. The maximum atomic E-state index is 6.70. The number of nitrogens with zero attached hydrogens (tertiary/aromatic N) is 1. The monoisotopic (exact) mass is 667 g/mol. The van der Waals surface area contributed by atoms with Crippen LogP contribution in [0.25, 0.3) is 88.1 Å². The zero-order valence-corrected chi connectivity index (χ0v) is 27.9. The smallest absolute Gasteiger partial charge is 0.143 e. The van der Waals surface area contributed by atoms with Crippen LogP contribution in [0.4, 0.5) is 17.1 Å². The Bertz CT molecular complexity index is 3090. The summed E-state index contributed by atoms with van der Waals surface area (Å²) in [6, 6.07) is 61.1. The second-order valence-electron chi connectivity index (χ2n) is 13.2. The number of furan rings is 3. The normalized spacial score (nSPS) is 11.8. The van der Waals surface area contributed by atoms with Crippen LogP contribution in [0, 0.1) is 0 Å². The molecule has 0 spiro atoms. The topological polar surface area (TPSA) is 42.7 Å². The zero-order valence-electron chi connectivity index (χ0n) is 27.9. The average molecular weight is 668 g/mol. The van der Waals surface area contributed by atoms with Crippen molar-refractivity contribution in [3.8, 4) is 22.3 Å². The minimum atomic E-state index is 0.833. The van der Waals surface area contributed by atoms with E-state index in [-0.39, 0.29) is 0 Å². The van der Waals surface area contributed by atoms with Crippen LogP contribution < -0.4 is 4.90 Å². The van der Waals surface area contributed by atoms with Gasteiger partial charge in [-0.05, 0) is 83.4 Å². The molecule has 0 atom stereocenters.